The molecule has 0 amide bonds. The van der Waals surface area contributed by atoms with Crippen LogP contribution in [0, 0.1) is 6.92 Å². The van der Waals surface area contributed by atoms with Gasteiger partial charge in [0.25, 0.3) is 0 Å². The fourth-order valence-corrected chi connectivity index (χ4v) is 2.81. The molecule has 100 valence electrons. The van der Waals surface area contributed by atoms with Gasteiger partial charge in [0.15, 0.2) is 0 Å². The third kappa shape index (κ3) is 1.60. The third-order valence-corrected chi connectivity index (χ3v) is 4.32. The van der Waals surface area contributed by atoms with Crippen molar-refractivity contribution in [3.05, 3.63) is 39.7 Å². The number of ether oxygens (including phenoxy) is 1. The van der Waals surface area contributed by atoms with Crippen LogP contribution in [0.15, 0.2) is 23.0 Å². The van der Waals surface area contributed by atoms with Crippen LogP contribution in [0.1, 0.15) is 30.9 Å². The van der Waals surface area contributed by atoms with Crippen molar-refractivity contribution in [2.45, 2.75) is 32.3 Å². The molecule has 2 atom stereocenters. The van der Waals surface area contributed by atoms with Crippen LogP contribution in [0.5, 0.6) is 5.75 Å². The molecular formula is C15H18N2O2. The number of benzene rings is 1. The molecule has 0 spiro atoms. The minimum Gasteiger partial charge on any atom is -0.485 e. The van der Waals surface area contributed by atoms with Crippen molar-refractivity contribution >= 4 is 10.9 Å². The van der Waals surface area contributed by atoms with Crippen LogP contribution in [0.25, 0.3) is 10.9 Å². The molecule has 3 rings (SSSR count). The van der Waals surface area contributed by atoms with Crippen LogP contribution >= 0.6 is 0 Å². The van der Waals surface area contributed by atoms with Gasteiger partial charge in [-0.2, -0.15) is 0 Å². The quantitative estimate of drug-likeness (QED) is 0.822. The molecule has 0 fully saturated rings. The second kappa shape index (κ2) is 3.84. The number of nitrogens with one attached hydrogen (secondary N) is 1. The Kier molecular flexibility index (Phi) is 2.47. The average molecular weight is 258 g/mol. The number of hydrogen-bond donors (Lipinski definition) is 2. The highest BCUT2D eigenvalue weighted by Crippen LogP contribution is 2.47. The van der Waals surface area contributed by atoms with Gasteiger partial charge < -0.3 is 15.5 Å². The summed E-state index contributed by atoms with van der Waals surface area (Å²) in [6.45, 7) is 6.64. The summed E-state index contributed by atoms with van der Waals surface area (Å²) >= 11 is 0. The summed E-state index contributed by atoms with van der Waals surface area (Å²) in [4.78, 5) is 14.3. The number of aryl methyl sites for hydroxylation is 1. The van der Waals surface area contributed by atoms with E-state index in [9.17, 15) is 4.79 Å². The zero-order chi connectivity index (χ0) is 13.8. The molecule has 0 radical (unpaired) electrons. The van der Waals surface area contributed by atoms with Gasteiger partial charge in [0.2, 0.25) is 5.56 Å². The first kappa shape index (κ1) is 12.2. The molecule has 0 saturated heterocycles. The smallest absolute Gasteiger partial charge is 0.248 e. The number of aromatic amines is 1. The van der Waals surface area contributed by atoms with Crippen molar-refractivity contribution in [3.63, 3.8) is 0 Å². The molecule has 0 bridgehead atoms. The van der Waals surface area contributed by atoms with E-state index in [2.05, 4.69) is 18.0 Å². The number of H-pyrrole nitrogens is 1. The summed E-state index contributed by atoms with van der Waals surface area (Å²) in [6, 6.07) is 5.46. The Labute approximate surface area is 111 Å². The first-order valence-corrected chi connectivity index (χ1v) is 6.52. The Morgan fingerprint density at radius 2 is 2.21 bits per heavy atom. The van der Waals surface area contributed by atoms with Gasteiger partial charge in [0.05, 0.1) is 5.52 Å². The van der Waals surface area contributed by atoms with E-state index < -0.39 is 0 Å². The van der Waals surface area contributed by atoms with Gasteiger partial charge in [-0.15, -0.1) is 0 Å². The van der Waals surface area contributed by atoms with Crippen molar-refractivity contribution < 1.29 is 4.74 Å². The Morgan fingerprint density at radius 1 is 1.47 bits per heavy atom. The highest BCUT2D eigenvalue weighted by molar-refractivity contribution is 5.90. The molecule has 19 heavy (non-hydrogen) atoms. The van der Waals surface area contributed by atoms with E-state index in [1.165, 1.54) is 11.6 Å². The van der Waals surface area contributed by atoms with Crippen LogP contribution in [-0.2, 0) is 0 Å². The first-order valence-electron chi connectivity index (χ1n) is 6.52. The van der Waals surface area contributed by atoms with Gasteiger partial charge in [-0.3, -0.25) is 4.79 Å². The largest absolute Gasteiger partial charge is 0.485 e. The lowest BCUT2D eigenvalue weighted by molar-refractivity contribution is 0.105. The molecule has 2 unspecified atom stereocenters. The Hall–Kier alpha value is -1.81. The maximum atomic E-state index is 11.5. The van der Waals surface area contributed by atoms with E-state index >= 15 is 0 Å². The molecule has 4 heteroatoms. The normalized spacial score (nSPS) is 25.4. The summed E-state index contributed by atoms with van der Waals surface area (Å²) < 4.78 is 6.12. The summed E-state index contributed by atoms with van der Waals surface area (Å²) in [5.41, 5.74) is 8.47. The highest BCUT2D eigenvalue weighted by atomic mass is 16.5. The minimum atomic E-state index is -0.376. The molecule has 1 aliphatic rings. The van der Waals surface area contributed by atoms with Crippen LogP contribution in [0.3, 0.4) is 0 Å². The standard InChI is InChI=1S/C15H18N2O2/c1-8-6-11-9(2)15(3,7-16)19-14(11)10-4-5-12(18)17-13(8)10/h4-6,9H,7,16H2,1-3H3,(H,17,18). The predicted octanol–water partition coefficient (Wildman–Crippen LogP) is 2.05. The lowest BCUT2D eigenvalue weighted by Gasteiger charge is -2.26. The molecule has 4 nitrogen and oxygen atoms in total. The first-order chi connectivity index (χ1) is 8.96. The van der Waals surface area contributed by atoms with Crippen molar-refractivity contribution in [1.82, 2.24) is 4.98 Å². The Morgan fingerprint density at radius 3 is 2.89 bits per heavy atom. The topological polar surface area (TPSA) is 68.1 Å². The van der Waals surface area contributed by atoms with E-state index in [1.54, 1.807) is 0 Å². The van der Waals surface area contributed by atoms with Gasteiger partial charge in [-0.05, 0) is 31.5 Å². The minimum absolute atomic E-state index is 0.0943. The van der Waals surface area contributed by atoms with Gasteiger partial charge in [0.1, 0.15) is 11.4 Å². The van der Waals surface area contributed by atoms with Crippen molar-refractivity contribution in [1.29, 1.82) is 0 Å². The van der Waals surface area contributed by atoms with Gasteiger partial charge >= 0.3 is 0 Å². The molecule has 0 aliphatic carbocycles. The maximum Gasteiger partial charge on any atom is 0.248 e. The zero-order valence-corrected chi connectivity index (χ0v) is 11.4. The number of fused-ring (bicyclic) bond motifs is 3. The fourth-order valence-electron chi connectivity index (χ4n) is 2.81. The molecule has 0 saturated carbocycles. The molecular weight excluding hydrogens is 240 g/mol. The van der Waals surface area contributed by atoms with Crippen LogP contribution in [0.2, 0.25) is 0 Å². The Bertz CT molecular complexity index is 720. The summed E-state index contributed by atoms with van der Waals surface area (Å²) in [7, 11) is 0. The SMILES string of the molecule is Cc1cc2c(c3ccc(=O)[nH]c13)OC(C)(CN)C2C. The van der Waals surface area contributed by atoms with Gasteiger partial charge in [-0.1, -0.05) is 6.92 Å². The van der Waals surface area contributed by atoms with Crippen LogP contribution in [0.4, 0.5) is 0 Å². The molecule has 1 aromatic heterocycles. The van der Waals surface area contributed by atoms with E-state index in [4.69, 9.17) is 10.5 Å². The Balaban J connectivity index is 2.34. The monoisotopic (exact) mass is 258 g/mol. The van der Waals surface area contributed by atoms with Crippen molar-refractivity contribution in [3.8, 4) is 5.75 Å². The molecule has 2 aromatic rings. The average Bonchev–Trinajstić information content (AvgIpc) is 2.64. The third-order valence-electron chi connectivity index (χ3n) is 4.32. The van der Waals surface area contributed by atoms with Crippen molar-refractivity contribution in [2.75, 3.05) is 6.54 Å². The highest BCUT2D eigenvalue weighted by Gasteiger charge is 2.42. The lowest BCUT2D eigenvalue weighted by atomic mass is 9.86. The van der Waals surface area contributed by atoms with Crippen LogP contribution < -0.4 is 16.0 Å². The zero-order valence-electron chi connectivity index (χ0n) is 11.4. The second-order valence-corrected chi connectivity index (χ2v) is 5.56. The number of pyridine rings is 1. The summed E-state index contributed by atoms with van der Waals surface area (Å²) in [6.07, 6.45) is 0. The van der Waals surface area contributed by atoms with Crippen LogP contribution in [-0.4, -0.2) is 17.1 Å². The second-order valence-electron chi connectivity index (χ2n) is 5.56. The fraction of sp³-hybridized carbons (Fsp3) is 0.400. The summed E-state index contributed by atoms with van der Waals surface area (Å²) in [5.74, 6) is 1.10. The van der Waals surface area contributed by atoms with Crippen molar-refractivity contribution in [2.24, 2.45) is 5.73 Å². The predicted molar refractivity (Wildman–Crippen MR) is 75.8 cm³/mol. The number of rotatable bonds is 1. The van der Waals surface area contributed by atoms with E-state index in [-0.39, 0.29) is 17.1 Å². The number of nitrogens with two attached hydrogens (primary N) is 1. The van der Waals surface area contributed by atoms with E-state index in [0.717, 1.165) is 22.2 Å². The lowest BCUT2D eigenvalue weighted by Crippen LogP contribution is -2.41. The molecule has 3 N–H and O–H groups in total. The number of hydrogen-bond acceptors (Lipinski definition) is 3. The van der Waals surface area contributed by atoms with Gasteiger partial charge in [-0.25, -0.2) is 0 Å². The van der Waals surface area contributed by atoms with Gasteiger partial charge in [0, 0.05) is 29.5 Å². The number of aromatic nitrogens is 1. The maximum absolute atomic E-state index is 11.5. The van der Waals surface area contributed by atoms with E-state index in [0.29, 0.717) is 6.54 Å². The molecule has 2 heterocycles. The van der Waals surface area contributed by atoms with E-state index in [1.807, 2.05) is 19.9 Å². The molecule has 1 aliphatic heterocycles. The molecule has 1 aromatic carbocycles. The summed E-state index contributed by atoms with van der Waals surface area (Å²) in [5, 5.41) is 0.957.